The molecule has 32 heavy (non-hydrogen) atoms. The summed E-state index contributed by atoms with van der Waals surface area (Å²) in [5.41, 5.74) is 5.92. The Bertz CT molecular complexity index is 1010. The zero-order chi connectivity index (χ0) is 21.8. The van der Waals surface area contributed by atoms with E-state index >= 15 is 0 Å². The molecule has 5 rings (SSSR count). The second-order valence-electron chi connectivity index (χ2n) is 9.13. The lowest BCUT2D eigenvalue weighted by Gasteiger charge is -2.32. The molecule has 0 bridgehead atoms. The molecule has 5 heteroatoms. The Labute approximate surface area is 190 Å². The zero-order valence-electron chi connectivity index (χ0n) is 18.7. The molecule has 1 saturated carbocycles. The fraction of sp³-hybridized carbons (Fsp3) is 0.444. The van der Waals surface area contributed by atoms with Crippen LogP contribution in [0.15, 0.2) is 59.4 Å². The van der Waals surface area contributed by atoms with Crippen molar-refractivity contribution in [3.63, 3.8) is 0 Å². The Kier molecular flexibility index (Phi) is 6.33. The molecule has 2 aromatic rings. The van der Waals surface area contributed by atoms with Crippen LogP contribution in [-0.4, -0.2) is 54.2 Å². The van der Waals surface area contributed by atoms with Gasteiger partial charge in [-0.2, -0.15) is 0 Å². The number of aromatic nitrogens is 1. The van der Waals surface area contributed by atoms with E-state index in [0.717, 1.165) is 82.5 Å². The summed E-state index contributed by atoms with van der Waals surface area (Å²) in [6.07, 6.45) is 12.5. The number of hydrogen-bond acceptors (Lipinski definition) is 4. The summed E-state index contributed by atoms with van der Waals surface area (Å²) in [6.45, 7) is 4.59. The Morgan fingerprint density at radius 1 is 1.00 bits per heavy atom. The lowest BCUT2D eigenvalue weighted by atomic mass is 9.95. The summed E-state index contributed by atoms with van der Waals surface area (Å²) < 4.78 is 0. The molecular formula is C27H32N4O. The molecule has 0 radical (unpaired) electrons. The van der Waals surface area contributed by atoms with E-state index in [2.05, 4.69) is 51.2 Å². The normalized spacial score (nSPS) is 21.1. The molecule has 1 aromatic heterocycles. The summed E-state index contributed by atoms with van der Waals surface area (Å²) in [4.78, 5) is 26.2. The summed E-state index contributed by atoms with van der Waals surface area (Å²) >= 11 is 0. The minimum Gasteiger partial charge on any atom is -0.370 e. The quantitative estimate of drug-likeness (QED) is 0.716. The second kappa shape index (κ2) is 9.68. The highest BCUT2D eigenvalue weighted by Crippen LogP contribution is 2.31. The van der Waals surface area contributed by atoms with Crippen molar-refractivity contribution in [2.75, 3.05) is 37.6 Å². The van der Waals surface area contributed by atoms with Gasteiger partial charge in [0.2, 0.25) is 5.91 Å². The number of amides is 1. The molecule has 2 aliphatic heterocycles. The number of pyridine rings is 1. The van der Waals surface area contributed by atoms with Gasteiger partial charge in [-0.1, -0.05) is 12.1 Å². The van der Waals surface area contributed by atoms with Crippen LogP contribution in [0, 0.1) is 5.92 Å². The zero-order valence-corrected chi connectivity index (χ0v) is 18.7. The van der Waals surface area contributed by atoms with Crippen molar-refractivity contribution in [3.8, 4) is 0 Å². The number of carbonyl (C=O) groups excluding carboxylic acids is 1. The highest BCUT2D eigenvalue weighted by Gasteiger charge is 2.33. The Morgan fingerprint density at radius 3 is 2.75 bits per heavy atom. The van der Waals surface area contributed by atoms with Gasteiger partial charge < -0.3 is 9.80 Å². The van der Waals surface area contributed by atoms with Gasteiger partial charge in [0.15, 0.2) is 0 Å². The van der Waals surface area contributed by atoms with Crippen LogP contribution < -0.4 is 4.90 Å². The number of allylic oxidation sites excluding steroid dienone is 1. The first-order valence-electron chi connectivity index (χ1n) is 12.1. The first-order chi connectivity index (χ1) is 15.8. The summed E-state index contributed by atoms with van der Waals surface area (Å²) in [5.74, 6) is 0.689. The topological polar surface area (TPSA) is 48.8 Å². The average molecular weight is 429 g/mol. The smallest absolute Gasteiger partial charge is 0.225 e. The van der Waals surface area contributed by atoms with Crippen LogP contribution in [0.5, 0.6) is 0 Å². The van der Waals surface area contributed by atoms with E-state index in [1.54, 1.807) is 0 Å². The van der Waals surface area contributed by atoms with E-state index in [4.69, 9.17) is 4.99 Å². The molecule has 1 amide bonds. The van der Waals surface area contributed by atoms with Gasteiger partial charge in [0.25, 0.3) is 0 Å². The van der Waals surface area contributed by atoms with Crippen molar-refractivity contribution >= 4 is 23.4 Å². The molecule has 1 aromatic carbocycles. The van der Waals surface area contributed by atoms with Gasteiger partial charge in [0, 0.05) is 62.3 Å². The van der Waals surface area contributed by atoms with Gasteiger partial charge in [-0.25, -0.2) is 0 Å². The molecule has 3 heterocycles. The maximum absolute atomic E-state index is 12.6. The minimum absolute atomic E-state index is 0.309. The summed E-state index contributed by atoms with van der Waals surface area (Å²) in [7, 11) is 0. The highest BCUT2D eigenvalue weighted by molar-refractivity contribution is 6.15. The number of anilines is 1. The van der Waals surface area contributed by atoms with Gasteiger partial charge in [0.05, 0.1) is 5.71 Å². The Morgan fingerprint density at radius 2 is 1.91 bits per heavy atom. The number of nitrogens with zero attached hydrogens (tertiary/aromatic N) is 4. The third-order valence-electron chi connectivity index (χ3n) is 6.67. The monoisotopic (exact) mass is 428 g/mol. The third kappa shape index (κ3) is 4.93. The van der Waals surface area contributed by atoms with E-state index in [1.165, 1.54) is 16.8 Å². The maximum atomic E-state index is 12.6. The van der Waals surface area contributed by atoms with Crippen LogP contribution in [0.1, 0.15) is 49.7 Å². The van der Waals surface area contributed by atoms with Crippen LogP contribution in [0.25, 0.3) is 6.08 Å². The molecule has 3 aliphatic rings. The van der Waals surface area contributed by atoms with Crippen LogP contribution in [-0.2, 0) is 4.79 Å². The lowest BCUT2D eigenvalue weighted by Crippen LogP contribution is -2.42. The molecular weight excluding hydrogens is 396 g/mol. The molecule has 1 aliphatic carbocycles. The van der Waals surface area contributed by atoms with Crippen LogP contribution in [0.2, 0.25) is 0 Å². The molecule has 166 valence electrons. The predicted molar refractivity (Wildman–Crippen MR) is 130 cm³/mol. The fourth-order valence-electron chi connectivity index (χ4n) is 4.75. The van der Waals surface area contributed by atoms with Gasteiger partial charge in [-0.15, -0.1) is 0 Å². The highest BCUT2D eigenvalue weighted by atomic mass is 16.2. The van der Waals surface area contributed by atoms with Gasteiger partial charge in [-0.05, 0) is 80.0 Å². The van der Waals surface area contributed by atoms with E-state index in [9.17, 15) is 4.79 Å². The Hall–Kier alpha value is -2.95. The SMILES string of the molecule is O=C(C1CC1)N1CCCCN(c2cccc(/C=C3\CCCN=C3c3cccnc3)c2)CC1. The molecule has 0 spiro atoms. The molecule has 1 saturated heterocycles. The standard InChI is InChI=1S/C27H32N4O/c32-27(22-10-11-22)31-15-2-1-14-30(16-17-31)25-9-3-6-21(19-25)18-23-7-5-13-29-26(23)24-8-4-12-28-20-24/h3-4,6,8-9,12,18-20,22H,1-2,5,7,10-11,13-17H2/b23-18+. The van der Waals surface area contributed by atoms with Crippen LogP contribution in [0.4, 0.5) is 5.69 Å². The molecule has 2 fully saturated rings. The predicted octanol–water partition coefficient (Wildman–Crippen LogP) is 4.59. The molecule has 5 nitrogen and oxygen atoms in total. The number of benzene rings is 1. The maximum Gasteiger partial charge on any atom is 0.225 e. The number of rotatable bonds is 4. The summed E-state index contributed by atoms with van der Waals surface area (Å²) in [6, 6.07) is 12.9. The van der Waals surface area contributed by atoms with E-state index in [0.29, 0.717) is 11.8 Å². The minimum atomic E-state index is 0.309. The van der Waals surface area contributed by atoms with Gasteiger partial charge >= 0.3 is 0 Å². The first-order valence-corrected chi connectivity index (χ1v) is 12.1. The van der Waals surface area contributed by atoms with Crippen molar-refractivity contribution in [3.05, 3.63) is 65.5 Å². The molecule has 0 atom stereocenters. The Balaban J connectivity index is 1.34. The lowest BCUT2D eigenvalue weighted by molar-refractivity contribution is -0.132. The van der Waals surface area contributed by atoms with Gasteiger partial charge in [-0.3, -0.25) is 14.8 Å². The van der Waals surface area contributed by atoms with Gasteiger partial charge in [0.1, 0.15) is 0 Å². The number of carbonyl (C=O) groups is 1. The molecule has 0 unspecified atom stereocenters. The van der Waals surface area contributed by atoms with Crippen LogP contribution >= 0.6 is 0 Å². The van der Waals surface area contributed by atoms with E-state index in [-0.39, 0.29) is 0 Å². The number of hydrogen-bond donors (Lipinski definition) is 0. The average Bonchev–Trinajstić information content (AvgIpc) is 3.66. The van der Waals surface area contributed by atoms with Crippen molar-refractivity contribution in [2.45, 2.75) is 38.5 Å². The molecule has 0 N–H and O–H groups in total. The van der Waals surface area contributed by atoms with Crippen molar-refractivity contribution in [1.29, 1.82) is 0 Å². The fourth-order valence-corrected chi connectivity index (χ4v) is 4.75. The summed E-state index contributed by atoms with van der Waals surface area (Å²) in [5, 5.41) is 0. The van der Waals surface area contributed by atoms with Crippen molar-refractivity contribution in [2.24, 2.45) is 10.9 Å². The van der Waals surface area contributed by atoms with Crippen LogP contribution in [0.3, 0.4) is 0 Å². The van der Waals surface area contributed by atoms with Crippen molar-refractivity contribution < 1.29 is 4.79 Å². The first kappa shape index (κ1) is 20.9. The van der Waals surface area contributed by atoms with E-state index in [1.807, 2.05) is 18.5 Å². The number of aliphatic imine (C=N–C) groups is 1. The van der Waals surface area contributed by atoms with Crippen molar-refractivity contribution in [1.82, 2.24) is 9.88 Å². The third-order valence-corrected chi connectivity index (χ3v) is 6.67. The largest absolute Gasteiger partial charge is 0.370 e. The second-order valence-corrected chi connectivity index (χ2v) is 9.13. The van der Waals surface area contributed by atoms with E-state index < -0.39 is 0 Å².